The van der Waals surface area contributed by atoms with Crippen LogP contribution in [0.5, 0.6) is 0 Å². The van der Waals surface area contributed by atoms with Crippen LogP contribution in [0.2, 0.25) is 0 Å². The predicted octanol–water partition coefficient (Wildman–Crippen LogP) is 1.24. The van der Waals surface area contributed by atoms with Crippen molar-refractivity contribution in [1.29, 1.82) is 0 Å². The van der Waals surface area contributed by atoms with E-state index in [9.17, 15) is 9.59 Å². The average Bonchev–Trinajstić information content (AvgIpc) is 2.27. The first-order valence-corrected chi connectivity index (χ1v) is 5.47. The van der Waals surface area contributed by atoms with E-state index in [0.717, 1.165) is 0 Å². The van der Waals surface area contributed by atoms with Crippen LogP contribution < -0.4 is 10.6 Å². The molecule has 0 aromatic carbocycles. The number of carboxylic acids is 1. The number of urea groups is 1. The van der Waals surface area contributed by atoms with Crippen molar-refractivity contribution in [3.05, 3.63) is 18.5 Å². The largest absolute Gasteiger partial charge is 0.481 e. The number of hydrogen-bond acceptors (Lipinski definition) is 4. The number of aromatic nitrogens is 2. The Morgan fingerprint density at radius 3 is 2.50 bits per heavy atom. The maximum Gasteiger partial charge on any atom is 0.322 e. The number of carboxylic acid groups (broad SMARTS) is 1. The fraction of sp³-hybridized carbons (Fsp3) is 0.455. The molecule has 3 N–H and O–H groups in total. The third kappa shape index (κ3) is 5.24. The fourth-order valence-corrected chi connectivity index (χ4v) is 1.29. The molecule has 0 aliphatic carbocycles. The lowest BCUT2D eigenvalue weighted by Crippen LogP contribution is -2.46. The van der Waals surface area contributed by atoms with Gasteiger partial charge in [0.2, 0.25) is 5.95 Å². The van der Waals surface area contributed by atoms with Gasteiger partial charge in [-0.25, -0.2) is 14.8 Å². The molecule has 98 valence electrons. The summed E-state index contributed by atoms with van der Waals surface area (Å²) in [5.41, 5.74) is -0.614. The molecule has 1 heterocycles. The maximum atomic E-state index is 11.6. The molecule has 18 heavy (non-hydrogen) atoms. The second kappa shape index (κ2) is 5.95. The van der Waals surface area contributed by atoms with Crippen LogP contribution in [0.25, 0.3) is 0 Å². The number of carbonyl (C=O) groups excluding carboxylic acids is 1. The smallest absolute Gasteiger partial charge is 0.322 e. The number of amides is 2. The van der Waals surface area contributed by atoms with E-state index in [1.807, 2.05) is 0 Å². The van der Waals surface area contributed by atoms with E-state index in [-0.39, 0.29) is 12.4 Å². The van der Waals surface area contributed by atoms with E-state index in [2.05, 4.69) is 20.6 Å². The standard InChI is InChI=1S/C11H16N4O3/c1-11(2,5-4-8(16)17)15-10(18)14-9-12-6-3-7-13-9/h3,6-7H,4-5H2,1-2H3,(H,16,17)(H2,12,13,14,15,18). The Kier molecular flexibility index (Phi) is 4.59. The van der Waals surface area contributed by atoms with Crippen LogP contribution in [-0.4, -0.2) is 32.6 Å². The van der Waals surface area contributed by atoms with Crippen LogP contribution in [0.3, 0.4) is 0 Å². The Balaban J connectivity index is 2.46. The van der Waals surface area contributed by atoms with E-state index in [1.54, 1.807) is 19.9 Å². The lowest BCUT2D eigenvalue weighted by atomic mass is 9.99. The van der Waals surface area contributed by atoms with E-state index >= 15 is 0 Å². The first-order chi connectivity index (χ1) is 8.39. The molecule has 1 rings (SSSR count). The molecule has 7 heteroatoms. The normalized spacial score (nSPS) is 10.8. The minimum absolute atomic E-state index is 0.00484. The number of rotatable bonds is 5. The van der Waals surface area contributed by atoms with Crippen molar-refractivity contribution in [2.45, 2.75) is 32.2 Å². The van der Waals surface area contributed by atoms with Gasteiger partial charge in [0.15, 0.2) is 0 Å². The maximum absolute atomic E-state index is 11.6. The summed E-state index contributed by atoms with van der Waals surface area (Å²) in [7, 11) is 0. The zero-order valence-corrected chi connectivity index (χ0v) is 10.3. The number of hydrogen-bond donors (Lipinski definition) is 3. The first-order valence-electron chi connectivity index (χ1n) is 5.47. The lowest BCUT2D eigenvalue weighted by molar-refractivity contribution is -0.137. The number of nitrogens with one attached hydrogen (secondary N) is 2. The predicted molar refractivity (Wildman–Crippen MR) is 65.1 cm³/mol. The highest BCUT2D eigenvalue weighted by Gasteiger charge is 2.21. The van der Waals surface area contributed by atoms with E-state index in [1.165, 1.54) is 12.4 Å². The summed E-state index contributed by atoms with van der Waals surface area (Å²) in [6.45, 7) is 3.50. The zero-order valence-electron chi connectivity index (χ0n) is 10.3. The van der Waals surface area contributed by atoms with Gasteiger partial charge in [0.1, 0.15) is 0 Å². The van der Waals surface area contributed by atoms with Crippen molar-refractivity contribution >= 4 is 17.9 Å². The van der Waals surface area contributed by atoms with Gasteiger partial charge in [-0.3, -0.25) is 10.1 Å². The average molecular weight is 252 g/mol. The molecule has 1 aromatic heterocycles. The molecule has 0 aliphatic rings. The number of anilines is 1. The molecule has 0 radical (unpaired) electrons. The lowest BCUT2D eigenvalue weighted by Gasteiger charge is -2.25. The van der Waals surface area contributed by atoms with Gasteiger partial charge in [-0.05, 0) is 26.3 Å². The molecule has 0 saturated heterocycles. The summed E-state index contributed by atoms with van der Waals surface area (Å²) in [4.78, 5) is 29.8. The molecule has 0 atom stereocenters. The van der Waals surface area contributed by atoms with Gasteiger partial charge in [0.25, 0.3) is 0 Å². The zero-order chi connectivity index (χ0) is 13.6. The third-order valence-electron chi connectivity index (χ3n) is 2.21. The van der Waals surface area contributed by atoms with Crippen LogP contribution in [0.4, 0.5) is 10.7 Å². The molecule has 1 aromatic rings. The topological polar surface area (TPSA) is 104 Å². The Morgan fingerprint density at radius 1 is 1.33 bits per heavy atom. The quantitative estimate of drug-likeness (QED) is 0.731. The molecule has 2 amide bonds. The van der Waals surface area contributed by atoms with Crippen LogP contribution in [0, 0.1) is 0 Å². The molecular weight excluding hydrogens is 236 g/mol. The summed E-state index contributed by atoms with van der Waals surface area (Å²) in [5.74, 6) is -0.694. The molecule has 0 fully saturated rings. The first kappa shape index (κ1) is 13.9. The monoisotopic (exact) mass is 252 g/mol. The van der Waals surface area contributed by atoms with Crippen molar-refractivity contribution in [2.75, 3.05) is 5.32 Å². The summed E-state index contributed by atoms with van der Waals surface area (Å²) in [6, 6.07) is 1.18. The third-order valence-corrected chi connectivity index (χ3v) is 2.21. The van der Waals surface area contributed by atoms with Crippen LogP contribution in [-0.2, 0) is 4.79 Å². The van der Waals surface area contributed by atoms with Crippen LogP contribution in [0.15, 0.2) is 18.5 Å². The van der Waals surface area contributed by atoms with Gasteiger partial charge in [0, 0.05) is 24.4 Å². The molecule has 0 saturated carbocycles. The van der Waals surface area contributed by atoms with Crippen LogP contribution >= 0.6 is 0 Å². The highest BCUT2D eigenvalue weighted by Crippen LogP contribution is 2.11. The summed E-state index contributed by atoms with van der Waals surface area (Å²) < 4.78 is 0. The highest BCUT2D eigenvalue weighted by atomic mass is 16.4. The molecular formula is C11H16N4O3. The molecule has 0 spiro atoms. The Morgan fingerprint density at radius 2 is 1.94 bits per heavy atom. The second-order valence-corrected chi connectivity index (χ2v) is 4.43. The SMILES string of the molecule is CC(C)(CCC(=O)O)NC(=O)Nc1ncccn1. The number of nitrogens with zero attached hydrogens (tertiary/aromatic N) is 2. The van der Waals surface area contributed by atoms with Gasteiger partial charge < -0.3 is 10.4 Å². The molecule has 7 nitrogen and oxygen atoms in total. The van der Waals surface area contributed by atoms with E-state index in [4.69, 9.17) is 5.11 Å². The van der Waals surface area contributed by atoms with Gasteiger partial charge >= 0.3 is 12.0 Å². The molecule has 0 aliphatic heterocycles. The number of carbonyl (C=O) groups is 2. The van der Waals surface area contributed by atoms with Gasteiger partial charge in [-0.15, -0.1) is 0 Å². The van der Waals surface area contributed by atoms with Crippen molar-refractivity contribution in [2.24, 2.45) is 0 Å². The Labute approximate surface area is 105 Å². The molecule has 0 bridgehead atoms. The highest BCUT2D eigenvalue weighted by molar-refractivity contribution is 5.87. The van der Waals surface area contributed by atoms with Crippen molar-refractivity contribution in [3.8, 4) is 0 Å². The summed E-state index contributed by atoms with van der Waals surface area (Å²) >= 11 is 0. The van der Waals surface area contributed by atoms with Crippen molar-refractivity contribution < 1.29 is 14.7 Å². The fourth-order valence-electron chi connectivity index (χ4n) is 1.29. The second-order valence-electron chi connectivity index (χ2n) is 4.43. The van der Waals surface area contributed by atoms with Gasteiger partial charge in [-0.1, -0.05) is 0 Å². The summed E-state index contributed by atoms with van der Waals surface area (Å²) in [5, 5.41) is 13.7. The Hall–Kier alpha value is -2.18. The minimum Gasteiger partial charge on any atom is -0.481 e. The van der Waals surface area contributed by atoms with E-state index < -0.39 is 17.5 Å². The van der Waals surface area contributed by atoms with Gasteiger partial charge in [0.05, 0.1) is 0 Å². The van der Waals surface area contributed by atoms with Crippen molar-refractivity contribution in [3.63, 3.8) is 0 Å². The van der Waals surface area contributed by atoms with Crippen molar-refractivity contribution in [1.82, 2.24) is 15.3 Å². The minimum atomic E-state index is -0.892. The summed E-state index contributed by atoms with van der Waals surface area (Å²) in [6.07, 6.45) is 3.36. The van der Waals surface area contributed by atoms with Crippen LogP contribution in [0.1, 0.15) is 26.7 Å². The molecule has 0 unspecified atom stereocenters. The van der Waals surface area contributed by atoms with Gasteiger partial charge in [-0.2, -0.15) is 0 Å². The Bertz CT molecular complexity index is 420. The van der Waals surface area contributed by atoms with E-state index in [0.29, 0.717) is 6.42 Å². The number of aliphatic carboxylic acids is 1.